The van der Waals surface area contributed by atoms with Crippen LogP contribution < -0.4 is 15.4 Å². The highest BCUT2D eigenvalue weighted by atomic mass is 127. The van der Waals surface area contributed by atoms with Crippen LogP contribution >= 0.6 is 24.0 Å². The van der Waals surface area contributed by atoms with Gasteiger partial charge < -0.3 is 25.1 Å². The first-order chi connectivity index (χ1) is 14.3. The Morgan fingerprint density at radius 3 is 2.70 bits per heavy atom. The van der Waals surface area contributed by atoms with Gasteiger partial charge in [-0.2, -0.15) is 0 Å². The van der Waals surface area contributed by atoms with E-state index in [1.165, 1.54) is 0 Å². The van der Waals surface area contributed by atoms with E-state index >= 15 is 0 Å². The molecule has 7 nitrogen and oxygen atoms in total. The summed E-state index contributed by atoms with van der Waals surface area (Å²) in [5.74, 6) is 2.29. The highest BCUT2D eigenvalue weighted by molar-refractivity contribution is 14.0. The van der Waals surface area contributed by atoms with Gasteiger partial charge in [0, 0.05) is 38.9 Å². The van der Waals surface area contributed by atoms with E-state index in [0.29, 0.717) is 25.7 Å². The second-order valence-electron chi connectivity index (χ2n) is 6.38. The number of aliphatic imine (C=N–C) groups is 1. The zero-order valence-electron chi connectivity index (χ0n) is 17.2. The smallest absolute Gasteiger partial charge is 0.195 e. The molecule has 1 heterocycles. The summed E-state index contributed by atoms with van der Waals surface area (Å²) in [5, 5.41) is 6.54. The lowest BCUT2D eigenvalue weighted by molar-refractivity contribution is 0.172. The maximum absolute atomic E-state index is 5.74. The van der Waals surface area contributed by atoms with E-state index in [1.807, 2.05) is 48.7 Å². The van der Waals surface area contributed by atoms with Gasteiger partial charge in [-0.3, -0.25) is 4.99 Å². The highest BCUT2D eigenvalue weighted by Gasteiger charge is 2.05. The molecule has 0 saturated heterocycles. The number of rotatable bonds is 9. The molecule has 0 atom stereocenters. The van der Waals surface area contributed by atoms with Gasteiger partial charge in [0.05, 0.1) is 25.0 Å². The van der Waals surface area contributed by atoms with Gasteiger partial charge in [-0.05, 0) is 17.7 Å². The van der Waals surface area contributed by atoms with Crippen LogP contribution in [0.4, 0.5) is 5.69 Å². The predicted molar refractivity (Wildman–Crippen MR) is 132 cm³/mol. The fourth-order valence-corrected chi connectivity index (χ4v) is 2.76. The van der Waals surface area contributed by atoms with Crippen LogP contribution in [-0.4, -0.2) is 43.3 Å². The van der Waals surface area contributed by atoms with Crippen molar-refractivity contribution in [3.8, 4) is 17.0 Å². The normalized spacial score (nSPS) is 10.9. The molecule has 0 spiro atoms. The number of ether oxygens (including phenoxy) is 2. The summed E-state index contributed by atoms with van der Waals surface area (Å²) < 4.78 is 10.8. The number of aromatic nitrogens is 2. The van der Waals surface area contributed by atoms with E-state index in [2.05, 4.69) is 37.7 Å². The van der Waals surface area contributed by atoms with Crippen LogP contribution in [0.1, 0.15) is 12.2 Å². The fraction of sp³-hybridized carbons (Fsp3) is 0.273. The standard InChI is InChI=1S/C22H27N5O2.HI/c1-23-22(26-18-10-6-11-19(14-18)29-13-7-12-28-2)25-16-21-24-15-20(27-21)17-8-4-3-5-9-17;/h3-6,8-11,14-15H,7,12-13,16H2,1-2H3,(H,24,27)(H2,23,25,26);1H. The first-order valence-electron chi connectivity index (χ1n) is 9.57. The number of nitrogens with one attached hydrogen (secondary N) is 3. The van der Waals surface area contributed by atoms with E-state index < -0.39 is 0 Å². The Bertz CT molecular complexity index is 915. The first kappa shape index (κ1) is 23.7. The third-order valence-corrected chi connectivity index (χ3v) is 4.22. The summed E-state index contributed by atoms with van der Waals surface area (Å²) in [6, 6.07) is 17.9. The fourth-order valence-electron chi connectivity index (χ4n) is 2.76. The van der Waals surface area contributed by atoms with Crippen molar-refractivity contribution in [2.24, 2.45) is 4.99 Å². The highest BCUT2D eigenvalue weighted by Crippen LogP contribution is 2.18. The number of halogens is 1. The Kier molecular flexibility index (Phi) is 10.2. The Balaban J connectivity index is 0.00000320. The van der Waals surface area contributed by atoms with Gasteiger partial charge in [-0.1, -0.05) is 36.4 Å². The van der Waals surface area contributed by atoms with Crippen LogP contribution in [0.2, 0.25) is 0 Å². The molecule has 160 valence electrons. The minimum atomic E-state index is 0. The van der Waals surface area contributed by atoms with Crippen LogP contribution in [0.3, 0.4) is 0 Å². The average Bonchev–Trinajstić information content (AvgIpc) is 3.24. The molecule has 1 aromatic heterocycles. The molecule has 0 radical (unpaired) electrons. The van der Waals surface area contributed by atoms with Gasteiger partial charge in [0.15, 0.2) is 5.96 Å². The first-order valence-corrected chi connectivity index (χ1v) is 9.57. The van der Waals surface area contributed by atoms with Gasteiger partial charge in [0.25, 0.3) is 0 Å². The maximum atomic E-state index is 5.74. The zero-order chi connectivity index (χ0) is 20.3. The van der Waals surface area contributed by atoms with Crippen LogP contribution in [0.25, 0.3) is 11.3 Å². The number of anilines is 1. The summed E-state index contributed by atoms with van der Waals surface area (Å²) >= 11 is 0. The van der Waals surface area contributed by atoms with E-state index in [4.69, 9.17) is 9.47 Å². The second-order valence-corrected chi connectivity index (χ2v) is 6.38. The van der Waals surface area contributed by atoms with Crippen molar-refractivity contribution in [3.05, 3.63) is 66.6 Å². The number of benzene rings is 2. The quantitative estimate of drug-likeness (QED) is 0.169. The van der Waals surface area contributed by atoms with Gasteiger partial charge in [0.2, 0.25) is 0 Å². The number of hydrogen-bond acceptors (Lipinski definition) is 4. The Hall–Kier alpha value is -2.59. The molecule has 0 unspecified atom stereocenters. The molecule has 0 aliphatic rings. The number of nitrogens with zero attached hydrogens (tertiary/aromatic N) is 2. The summed E-state index contributed by atoms with van der Waals surface area (Å²) in [6.07, 6.45) is 2.69. The molecule has 0 fully saturated rings. The summed E-state index contributed by atoms with van der Waals surface area (Å²) in [4.78, 5) is 12.0. The van der Waals surface area contributed by atoms with E-state index in [9.17, 15) is 0 Å². The molecule has 0 aliphatic carbocycles. The van der Waals surface area contributed by atoms with Crippen molar-refractivity contribution in [1.82, 2.24) is 15.3 Å². The number of aromatic amines is 1. The molecule has 0 aliphatic heterocycles. The SMILES string of the molecule is CN=C(NCc1ncc(-c2ccccc2)[nH]1)Nc1cccc(OCCCOC)c1.I. The monoisotopic (exact) mass is 521 g/mol. The Morgan fingerprint density at radius 1 is 1.10 bits per heavy atom. The largest absolute Gasteiger partial charge is 0.493 e. The minimum Gasteiger partial charge on any atom is -0.493 e. The van der Waals surface area contributed by atoms with Gasteiger partial charge in [0.1, 0.15) is 11.6 Å². The molecular formula is C22H28IN5O2. The lowest BCUT2D eigenvalue weighted by Gasteiger charge is -2.12. The van der Waals surface area contributed by atoms with Gasteiger partial charge in [-0.25, -0.2) is 4.98 Å². The molecule has 30 heavy (non-hydrogen) atoms. The molecule has 3 N–H and O–H groups in total. The van der Waals surface area contributed by atoms with E-state index in [0.717, 1.165) is 34.9 Å². The molecule has 3 aromatic rings. The number of H-pyrrole nitrogens is 1. The zero-order valence-corrected chi connectivity index (χ0v) is 19.6. The lowest BCUT2D eigenvalue weighted by atomic mass is 10.2. The van der Waals surface area contributed by atoms with Crippen molar-refractivity contribution < 1.29 is 9.47 Å². The molecule has 8 heteroatoms. The van der Waals surface area contributed by atoms with Crippen LogP contribution in [-0.2, 0) is 11.3 Å². The van der Waals surface area contributed by atoms with E-state index in [-0.39, 0.29) is 24.0 Å². The predicted octanol–water partition coefficient (Wildman–Crippen LogP) is 4.30. The molecule has 2 aromatic carbocycles. The van der Waals surface area contributed by atoms with Crippen molar-refractivity contribution in [3.63, 3.8) is 0 Å². The summed E-state index contributed by atoms with van der Waals surface area (Å²) in [7, 11) is 3.42. The number of hydrogen-bond donors (Lipinski definition) is 3. The summed E-state index contributed by atoms with van der Waals surface area (Å²) in [5.41, 5.74) is 2.99. The Morgan fingerprint density at radius 2 is 1.93 bits per heavy atom. The number of guanidine groups is 1. The third-order valence-electron chi connectivity index (χ3n) is 4.22. The van der Waals surface area contributed by atoms with Gasteiger partial charge >= 0.3 is 0 Å². The molecule has 0 amide bonds. The van der Waals surface area contributed by atoms with Gasteiger partial charge in [-0.15, -0.1) is 24.0 Å². The third kappa shape index (κ3) is 7.34. The number of imidazole rings is 1. The number of methoxy groups -OCH3 is 1. The van der Waals surface area contributed by atoms with E-state index in [1.54, 1.807) is 14.2 Å². The minimum absolute atomic E-state index is 0. The lowest BCUT2D eigenvalue weighted by Crippen LogP contribution is -2.30. The average molecular weight is 521 g/mol. The second kappa shape index (κ2) is 12.9. The Labute approximate surface area is 194 Å². The van der Waals surface area contributed by atoms with Crippen molar-refractivity contribution in [1.29, 1.82) is 0 Å². The van der Waals surface area contributed by atoms with Crippen molar-refractivity contribution in [2.75, 3.05) is 32.7 Å². The molecule has 3 rings (SSSR count). The van der Waals surface area contributed by atoms with Crippen LogP contribution in [0.15, 0.2) is 65.8 Å². The van der Waals surface area contributed by atoms with Crippen LogP contribution in [0, 0.1) is 0 Å². The molecule has 0 bridgehead atoms. The topological polar surface area (TPSA) is 83.6 Å². The molecule has 0 saturated carbocycles. The van der Waals surface area contributed by atoms with Crippen molar-refractivity contribution >= 4 is 35.6 Å². The summed E-state index contributed by atoms with van der Waals surface area (Å²) in [6.45, 7) is 1.83. The molecular weight excluding hydrogens is 493 g/mol. The van der Waals surface area contributed by atoms with Crippen molar-refractivity contribution in [2.45, 2.75) is 13.0 Å². The van der Waals surface area contributed by atoms with Crippen LogP contribution in [0.5, 0.6) is 5.75 Å². The maximum Gasteiger partial charge on any atom is 0.195 e.